The van der Waals surface area contributed by atoms with E-state index in [9.17, 15) is 4.79 Å². The van der Waals surface area contributed by atoms with Crippen LogP contribution in [-0.2, 0) is 11.8 Å². The van der Waals surface area contributed by atoms with Crippen LogP contribution in [-0.4, -0.2) is 25.4 Å². The Hall–Kier alpha value is -1.98. The highest BCUT2D eigenvalue weighted by molar-refractivity contribution is 5.95. The molecule has 0 radical (unpaired) electrons. The number of aryl methyl sites for hydroxylation is 1. The van der Waals surface area contributed by atoms with E-state index < -0.39 is 0 Å². The van der Waals surface area contributed by atoms with Crippen LogP contribution in [0.5, 0.6) is 0 Å². The Labute approximate surface area is 80.0 Å². The average Bonchev–Trinajstić information content (AvgIpc) is 2.49. The summed E-state index contributed by atoms with van der Waals surface area (Å²) in [5, 5.41) is 2.60. The Morgan fingerprint density at radius 1 is 1.43 bits per heavy atom. The molecule has 0 aliphatic rings. The zero-order valence-corrected chi connectivity index (χ0v) is 7.85. The van der Waals surface area contributed by atoms with Crippen LogP contribution in [0.2, 0.25) is 0 Å². The van der Waals surface area contributed by atoms with Crippen LogP contribution in [0.1, 0.15) is 6.92 Å². The number of aromatic nitrogens is 4. The summed E-state index contributed by atoms with van der Waals surface area (Å²) in [7, 11) is 1.83. The fourth-order valence-corrected chi connectivity index (χ4v) is 1.20. The van der Waals surface area contributed by atoms with Crippen molar-refractivity contribution in [3.8, 4) is 0 Å². The summed E-state index contributed by atoms with van der Waals surface area (Å²) in [6.45, 7) is 1.43. The van der Waals surface area contributed by atoms with Gasteiger partial charge >= 0.3 is 0 Å². The molecule has 2 heterocycles. The van der Waals surface area contributed by atoms with Gasteiger partial charge in [-0.15, -0.1) is 0 Å². The summed E-state index contributed by atoms with van der Waals surface area (Å²) >= 11 is 0. The molecule has 0 unspecified atom stereocenters. The molecule has 0 saturated heterocycles. The topological polar surface area (TPSA) is 72.7 Å². The highest BCUT2D eigenvalue weighted by Crippen LogP contribution is 2.15. The number of imidazole rings is 1. The molecule has 2 aromatic heterocycles. The number of hydrogen-bond donors (Lipinski definition) is 1. The lowest BCUT2D eigenvalue weighted by molar-refractivity contribution is -0.114. The van der Waals surface area contributed by atoms with Gasteiger partial charge in [0.2, 0.25) is 5.91 Å². The highest BCUT2D eigenvalue weighted by atomic mass is 16.1. The second-order valence-electron chi connectivity index (χ2n) is 2.93. The van der Waals surface area contributed by atoms with Crippen LogP contribution in [0.4, 0.5) is 5.82 Å². The third-order valence-corrected chi connectivity index (χ3v) is 1.79. The summed E-state index contributed by atoms with van der Waals surface area (Å²) in [5.41, 5.74) is 1.30. The number of nitrogens with zero attached hydrogens (tertiary/aromatic N) is 4. The molecule has 0 saturated carbocycles. The second kappa shape index (κ2) is 3.06. The van der Waals surface area contributed by atoms with Crippen molar-refractivity contribution in [2.24, 2.45) is 7.05 Å². The lowest BCUT2D eigenvalue weighted by Crippen LogP contribution is -2.08. The fraction of sp³-hybridized carbons (Fsp3) is 0.250. The average molecular weight is 191 g/mol. The minimum absolute atomic E-state index is 0.171. The molecular weight excluding hydrogens is 182 g/mol. The maximum absolute atomic E-state index is 10.9. The van der Waals surface area contributed by atoms with Gasteiger partial charge in [-0.1, -0.05) is 0 Å². The molecule has 6 nitrogen and oxygen atoms in total. The first-order valence-electron chi connectivity index (χ1n) is 4.08. The van der Waals surface area contributed by atoms with E-state index in [0.29, 0.717) is 17.0 Å². The van der Waals surface area contributed by atoms with Crippen LogP contribution in [0, 0.1) is 0 Å². The molecule has 2 rings (SSSR count). The Bertz CT molecular complexity index is 489. The van der Waals surface area contributed by atoms with Crippen molar-refractivity contribution in [3.63, 3.8) is 0 Å². The van der Waals surface area contributed by atoms with Crippen molar-refractivity contribution in [1.29, 1.82) is 0 Å². The minimum Gasteiger partial charge on any atom is -0.318 e. The number of carbonyl (C=O) groups excluding carboxylic acids is 1. The third-order valence-electron chi connectivity index (χ3n) is 1.79. The van der Waals surface area contributed by atoms with Gasteiger partial charge in [0, 0.05) is 14.0 Å². The van der Waals surface area contributed by atoms with Crippen molar-refractivity contribution >= 4 is 22.9 Å². The molecule has 0 fully saturated rings. The molecule has 0 atom stereocenters. The van der Waals surface area contributed by atoms with Crippen LogP contribution >= 0.6 is 0 Å². The van der Waals surface area contributed by atoms with E-state index >= 15 is 0 Å². The van der Waals surface area contributed by atoms with Crippen LogP contribution in [0.3, 0.4) is 0 Å². The summed E-state index contributed by atoms with van der Waals surface area (Å²) in [4.78, 5) is 22.9. The van der Waals surface area contributed by atoms with Gasteiger partial charge in [-0.3, -0.25) is 4.79 Å². The van der Waals surface area contributed by atoms with Crippen molar-refractivity contribution in [2.45, 2.75) is 6.92 Å². The van der Waals surface area contributed by atoms with E-state index in [4.69, 9.17) is 0 Å². The van der Waals surface area contributed by atoms with Gasteiger partial charge in [0.25, 0.3) is 0 Å². The maximum Gasteiger partial charge on any atom is 0.222 e. The van der Waals surface area contributed by atoms with Gasteiger partial charge in [-0.25, -0.2) is 15.0 Å². The summed E-state index contributed by atoms with van der Waals surface area (Å²) in [6.07, 6.45) is 3.03. The van der Waals surface area contributed by atoms with Gasteiger partial charge in [0.1, 0.15) is 6.33 Å². The first kappa shape index (κ1) is 8.61. The van der Waals surface area contributed by atoms with Crippen LogP contribution in [0.25, 0.3) is 11.2 Å². The predicted molar refractivity (Wildman–Crippen MR) is 50.6 cm³/mol. The van der Waals surface area contributed by atoms with Crippen LogP contribution < -0.4 is 5.32 Å². The van der Waals surface area contributed by atoms with Gasteiger partial charge in [-0.2, -0.15) is 0 Å². The standard InChI is InChI=1S/C8H9N5O/c1-5(14)12-7-6-8(10-3-9-7)13(2)4-11-6/h3-4H,1-2H3,(H,9,10,12,14). The van der Waals surface area contributed by atoms with Gasteiger partial charge in [0.05, 0.1) is 6.33 Å². The number of carbonyl (C=O) groups is 1. The van der Waals surface area contributed by atoms with Crippen LogP contribution in [0.15, 0.2) is 12.7 Å². The number of hydrogen-bond acceptors (Lipinski definition) is 4. The number of rotatable bonds is 1. The molecule has 72 valence electrons. The Balaban J connectivity index is 2.59. The first-order chi connectivity index (χ1) is 6.68. The number of nitrogens with one attached hydrogen (secondary N) is 1. The zero-order valence-electron chi connectivity index (χ0n) is 7.85. The number of anilines is 1. The molecule has 0 aliphatic carbocycles. The third kappa shape index (κ3) is 1.30. The lowest BCUT2D eigenvalue weighted by atomic mass is 10.5. The van der Waals surface area contributed by atoms with Crippen molar-refractivity contribution in [1.82, 2.24) is 19.5 Å². The summed E-state index contributed by atoms with van der Waals surface area (Å²) in [6, 6.07) is 0. The Kier molecular flexibility index (Phi) is 1.88. The largest absolute Gasteiger partial charge is 0.318 e. The van der Waals surface area contributed by atoms with Gasteiger partial charge < -0.3 is 9.88 Å². The van der Waals surface area contributed by atoms with Gasteiger partial charge in [-0.05, 0) is 0 Å². The normalized spacial score (nSPS) is 10.4. The molecule has 1 N–H and O–H groups in total. The van der Waals surface area contributed by atoms with Crippen molar-refractivity contribution in [3.05, 3.63) is 12.7 Å². The molecule has 2 aromatic rings. The molecule has 1 amide bonds. The molecular formula is C8H9N5O. The zero-order chi connectivity index (χ0) is 10.1. The summed E-state index contributed by atoms with van der Waals surface area (Å²) in [5.74, 6) is 0.277. The monoisotopic (exact) mass is 191 g/mol. The maximum atomic E-state index is 10.9. The van der Waals surface area contributed by atoms with E-state index in [2.05, 4.69) is 20.3 Å². The number of fused-ring (bicyclic) bond motifs is 1. The number of amides is 1. The molecule has 6 heteroatoms. The Morgan fingerprint density at radius 3 is 2.93 bits per heavy atom. The van der Waals surface area contributed by atoms with E-state index in [-0.39, 0.29) is 5.91 Å². The molecule has 0 aromatic carbocycles. The van der Waals surface area contributed by atoms with E-state index in [1.165, 1.54) is 13.3 Å². The first-order valence-corrected chi connectivity index (χ1v) is 4.08. The van der Waals surface area contributed by atoms with Crippen molar-refractivity contribution in [2.75, 3.05) is 5.32 Å². The van der Waals surface area contributed by atoms with Crippen molar-refractivity contribution < 1.29 is 4.79 Å². The highest BCUT2D eigenvalue weighted by Gasteiger charge is 2.08. The minimum atomic E-state index is -0.171. The second-order valence-corrected chi connectivity index (χ2v) is 2.93. The lowest BCUT2D eigenvalue weighted by Gasteiger charge is -2.00. The smallest absolute Gasteiger partial charge is 0.222 e. The summed E-state index contributed by atoms with van der Waals surface area (Å²) < 4.78 is 1.77. The Morgan fingerprint density at radius 2 is 2.21 bits per heavy atom. The quantitative estimate of drug-likeness (QED) is 0.704. The van der Waals surface area contributed by atoms with E-state index in [0.717, 1.165) is 0 Å². The van der Waals surface area contributed by atoms with E-state index in [1.54, 1.807) is 10.9 Å². The molecule has 0 aliphatic heterocycles. The van der Waals surface area contributed by atoms with E-state index in [1.807, 2.05) is 7.05 Å². The predicted octanol–water partition coefficient (Wildman–Crippen LogP) is 0.322. The molecule has 0 bridgehead atoms. The van der Waals surface area contributed by atoms with Gasteiger partial charge in [0.15, 0.2) is 17.0 Å². The molecule has 0 spiro atoms. The SMILES string of the molecule is CC(=O)Nc1ncnc2c1ncn2C. The molecule has 14 heavy (non-hydrogen) atoms. The fourth-order valence-electron chi connectivity index (χ4n) is 1.20.